The Bertz CT molecular complexity index is 442. The van der Waals surface area contributed by atoms with E-state index < -0.39 is 5.54 Å². The maximum absolute atomic E-state index is 12.1. The molecule has 1 unspecified atom stereocenters. The molecule has 3 nitrogen and oxygen atoms in total. The zero-order chi connectivity index (χ0) is 15.0. The van der Waals surface area contributed by atoms with Crippen LogP contribution in [0.1, 0.15) is 27.2 Å². The average molecular weight is 316 g/mol. The molecule has 0 bridgehead atoms. The molecule has 0 saturated heterocycles. The van der Waals surface area contributed by atoms with Gasteiger partial charge < -0.3 is 10.1 Å². The van der Waals surface area contributed by atoms with Crippen molar-refractivity contribution in [3.8, 4) is 0 Å². The van der Waals surface area contributed by atoms with E-state index in [0.29, 0.717) is 17.4 Å². The number of hydrogen-bond donors (Lipinski definition) is 1. The van der Waals surface area contributed by atoms with Crippen molar-refractivity contribution in [2.75, 3.05) is 18.9 Å². The molecule has 1 atom stereocenters. The van der Waals surface area contributed by atoms with Gasteiger partial charge in [-0.2, -0.15) is 0 Å². The first-order chi connectivity index (χ1) is 9.51. The van der Waals surface area contributed by atoms with Crippen LogP contribution in [0, 0.1) is 0 Å². The van der Waals surface area contributed by atoms with Crippen molar-refractivity contribution in [3.63, 3.8) is 0 Å². The van der Waals surface area contributed by atoms with Gasteiger partial charge >= 0.3 is 5.97 Å². The number of esters is 1. The van der Waals surface area contributed by atoms with Crippen molar-refractivity contribution >= 4 is 29.3 Å². The Balaban J connectivity index is 2.71. The fourth-order valence-electron chi connectivity index (χ4n) is 1.66. The van der Waals surface area contributed by atoms with E-state index in [9.17, 15) is 4.79 Å². The minimum atomic E-state index is -0.682. The van der Waals surface area contributed by atoms with Crippen molar-refractivity contribution in [2.24, 2.45) is 0 Å². The lowest BCUT2D eigenvalue weighted by Gasteiger charge is -2.28. The number of ether oxygens (including phenoxy) is 1. The van der Waals surface area contributed by atoms with E-state index in [4.69, 9.17) is 16.3 Å². The number of carbonyl (C=O) groups is 1. The van der Waals surface area contributed by atoms with Gasteiger partial charge in [-0.05, 0) is 45.0 Å². The van der Waals surface area contributed by atoms with Gasteiger partial charge in [0.25, 0.3) is 0 Å². The fourth-order valence-corrected chi connectivity index (χ4v) is 2.97. The summed E-state index contributed by atoms with van der Waals surface area (Å²) < 4.78 is 5.18. The Hall–Kier alpha value is -0.710. The van der Waals surface area contributed by atoms with E-state index in [1.165, 1.54) is 0 Å². The number of rotatable bonds is 8. The fraction of sp³-hybridized carbons (Fsp3) is 0.533. The lowest BCUT2D eigenvalue weighted by molar-refractivity contribution is -0.149. The van der Waals surface area contributed by atoms with Crippen LogP contribution < -0.4 is 5.32 Å². The first-order valence-electron chi connectivity index (χ1n) is 6.82. The standard InChI is InChI=1S/C15H22ClNO2S/c1-4-9-17-15(3,14(18)19-5-2)11-20-13-8-6-7-12(16)10-13/h6-8,10,17H,4-5,9,11H2,1-3H3. The van der Waals surface area contributed by atoms with Crippen molar-refractivity contribution in [2.45, 2.75) is 37.6 Å². The van der Waals surface area contributed by atoms with E-state index in [2.05, 4.69) is 12.2 Å². The number of benzene rings is 1. The van der Waals surface area contributed by atoms with Crippen LogP contribution >= 0.6 is 23.4 Å². The van der Waals surface area contributed by atoms with Crippen LogP contribution in [-0.2, 0) is 9.53 Å². The van der Waals surface area contributed by atoms with Gasteiger partial charge in [0, 0.05) is 15.7 Å². The Morgan fingerprint density at radius 2 is 2.20 bits per heavy atom. The highest BCUT2D eigenvalue weighted by molar-refractivity contribution is 7.99. The van der Waals surface area contributed by atoms with Crippen LogP contribution in [0.2, 0.25) is 5.02 Å². The second-order valence-corrected chi connectivity index (χ2v) is 6.21. The van der Waals surface area contributed by atoms with Crippen molar-refractivity contribution in [3.05, 3.63) is 29.3 Å². The molecule has 0 fully saturated rings. The molecule has 1 N–H and O–H groups in total. The van der Waals surface area contributed by atoms with Crippen LogP contribution in [0.4, 0.5) is 0 Å². The van der Waals surface area contributed by atoms with Gasteiger partial charge in [0.15, 0.2) is 0 Å². The van der Waals surface area contributed by atoms with E-state index in [0.717, 1.165) is 17.9 Å². The van der Waals surface area contributed by atoms with Gasteiger partial charge in [-0.3, -0.25) is 4.79 Å². The summed E-state index contributed by atoms with van der Waals surface area (Å²) >= 11 is 7.57. The molecule has 1 aromatic rings. The van der Waals surface area contributed by atoms with E-state index in [-0.39, 0.29) is 5.97 Å². The molecule has 0 heterocycles. The normalized spacial score (nSPS) is 13.8. The molecule has 5 heteroatoms. The second-order valence-electron chi connectivity index (χ2n) is 4.73. The van der Waals surface area contributed by atoms with Crippen molar-refractivity contribution in [1.82, 2.24) is 5.32 Å². The Morgan fingerprint density at radius 3 is 2.80 bits per heavy atom. The van der Waals surface area contributed by atoms with Crippen LogP contribution in [0.25, 0.3) is 0 Å². The lowest BCUT2D eigenvalue weighted by atomic mass is 10.1. The quantitative estimate of drug-likeness (QED) is 0.585. The molecule has 1 aromatic carbocycles. The number of halogens is 1. The Morgan fingerprint density at radius 1 is 1.45 bits per heavy atom. The third kappa shape index (κ3) is 5.35. The largest absolute Gasteiger partial charge is 0.465 e. The summed E-state index contributed by atoms with van der Waals surface area (Å²) in [5.74, 6) is 0.398. The summed E-state index contributed by atoms with van der Waals surface area (Å²) in [7, 11) is 0. The van der Waals surface area contributed by atoms with Crippen molar-refractivity contribution < 1.29 is 9.53 Å². The number of thioether (sulfide) groups is 1. The SMILES string of the molecule is CCCNC(C)(CSc1cccc(Cl)c1)C(=O)OCC. The monoisotopic (exact) mass is 315 g/mol. The summed E-state index contributed by atoms with van der Waals surface area (Å²) in [6.45, 7) is 6.96. The molecule has 112 valence electrons. The van der Waals surface area contributed by atoms with Gasteiger partial charge in [0.05, 0.1) is 6.61 Å². The highest BCUT2D eigenvalue weighted by atomic mass is 35.5. The Labute approximate surface area is 130 Å². The first-order valence-corrected chi connectivity index (χ1v) is 8.18. The highest BCUT2D eigenvalue weighted by Gasteiger charge is 2.34. The smallest absolute Gasteiger partial charge is 0.326 e. The molecule has 0 radical (unpaired) electrons. The third-order valence-electron chi connectivity index (χ3n) is 2.81. The molecule has 1 rings (SSSR count). The van der Waals surface area contributed by atoms with Crippen LogP contribution in [0.3, 0.4) is 0 Å². The lowest BCUT2D eigenvalue weighted by Crippen LogP contribution is -2.52. The molecule has 20 heavy (non-hydrogen) atoms. The van der Waals surface area contributed by atoms with E-state index >= 15 is 0 Å². The molecule has 0 aliphatic heterocycles. The zero-order valence-electron chi connectivity index (χ0n) is 12.2. The number of nitrogens with one attached hydrogen (secondary N) is 1. The van der Waals surface area contributed by atoms with Gasteiger partial charge in [-0.15, -0.1) is 11.8 Å². The van der Waals surface area contributed by atoms with Crippen LogP contribution in [-0.4, -0.2) is 30.4 Å². The van der Waals surface area contributed by atoms with Gasteiger partial charge in [0.2, 0.25) is 0 Å². The highest BCUT2D eigenvalue weighted by Crippen LogP contribution is 2.25. The molecule has 0 aliphatic rings. The maximum atomic E-state index is 12.1. The molecular formula is C15H22ClNO2S. The topological polar surface area (TPSA) is 38.3 Å². The van der Waals surface area contributed by atoms with Gasteiger partial charge in [-0.1, -0.05) is 24.6 Å². The molecule has 0 aromatic heterocycles. The predicted molar refractivity (Wildman–Crippen MR) is 85.5 cm³/mol. The molecule has 0 amide bonds. The minimum absolute atomic E-state index is 0.206. The van der Waals surface area contributed by atoms with E-state index in [1.54, 1.807) is 11.8 Å². The maximum Gasteiger partial charge on any atom is 0.326 e. The summed E-state index contributed by atoms with van der Waals surface area (Å²) in [4.78, 5) is 13.2. The van der Waals surface area contributed by atoms with E-state index in [1.807, 2.05) is 38.1 Å². The average Bonchev–Trinajstić information content (AvgIpc) is 2.43. The summed E-state index contributed by atoms with van der Waals surface area (Å²) in [5, 5.41) is 3.99. The molecule has 0 saturated carbocycles. The minimum Gasteiger partial charge on any atom is -0.465 e. The van der Waals surface area contributed by atoms with Crippen LogP contribution in [0.15, 0.2) is 29.2 Å². The molecule has 0 spiro atoms. The summed E-state index contributed by atoms with van der Waals surface area (Å²) in [6.07, 6.45) is 0.969. The van der Waals surface area contributed by atoms with Gasteiger partial charge in [0.1, 0.15) is 5.54 Å². The number of carbonyl (C=O) groups excluding carboxylic acids is 1. The summed E-state index contributed by atoms with van der Waals surface area (Å²) in [6, 6.07) is 7.64. The second kappa shape index (κ2) is 8.55. The first kappa shape index (κ1) is 17.3. The van der Waals surface area contributed by atoms with Crippen molar-refractivity contribution in [1.29, 1.82) is 0 Å². The molecule has 0 aliphatic carbocycles. The molecular weight excluding hydrogens is 294 g/mol. The third-order valence-corrected chi connectivity index (χ3v) is 4.36. The number of hydrogen-bond acceptors (Lipinski definition) is 4. The zero-order valence-corrected chi connectivity index (χ0v) is 13.8. The van der Waals surface area contributed by atoms with Gasteiger partial charge in [-0.25, -0.2) is 0 Å². The van der Waals surface area contributed by atoms with Crippen LogP contribution in [0.5, 0.6) is 0 Å². The predicted octanol–water partition coefficient (Wildman–Crippen LogP) is 3.75. The Kier molecular flexibility index (Phi) is 7.41. The summed E-state index contributed by atoms with van der Waals surface area (Å²) in [5.41, 5.74) is -0.682.